The molecule has 10 heteroatoms. The smallest absolute Gasteiger partial charge is 0.383 e. The number of alkyl halides is 3. The Balaban J connectivity index is 1.54. The van der Waals surface area contributed by atoms with E-state index in [0.29, 0.717) is 18.7 Å². The number of nitrogens with two attached hydrogens (primary N) is 1. The molecular formula is C27H25F4N5O. The van der Waals surface area contributed by atoms with Gasteiger partial charge in [0.1, 0.15) is 11.6 Å². The van der Waals surface area contributed by atoms with Gasteiger partial charge in [0.25, 0.3) is 5.91 Å². The molecule has 1 aromatic heterocycles. The number of aromatic nitrogens is 1. The highest BCUT2D eigenvalue weighted by molar-refractivity contribution is 6.04. The standard InChI is InChI=1S/C27H25F4N5O/c1-35-9-11-36(12-10-35)17-20-6-7-23(16-24(20)27(29,30)31)34-26(37)21-13-18(14-22(28)15-21)4-5-19-3-2-8-33-25(19)32/h2-3,6-8,13-16H,9-12,17H2,1H3,(H2,32,33)(H,34,37). The molecule has 6 nitrogen and oxygen atoms in total. The summed E-state index contributed by atoms with van der Waals surface area (Å²) in [6.45, 7) is 3.06. The summed E-state index contributed by atoms with van der Waals surface area (Å²) >= 11 is 0. The van der Waals surface area contributed by atoms with Crippen LogP contribution in [0.15, 0.2) is 54.7 Å². The largest absolute Gasteiger partial charge is 0.416 e. The Labute approximate surface area is 212 Å². The fraction of sp³-hybridized carbons (Fsp3) is 0.259. The van der Waals surface area contributed by atoms with E-state index in [1.54, 1.807) is 12.1 Å². The number of carbonyl (C=O) groups excluding carboxylic acids is 1. The van der Waals surface area contributed by atoms with Gasteiger partial charge in [0.2, 0.25) is 0 Å². The summed E-state index contributed by atoms with van der Waals surface area (Å²) in [5, 5.41) is 2.44. The second-order valence-electron chi connectivity index (χ2n) is 8.82. The predicted molar refractivity (Wildman–Crippen MR) is 133 cm³/mol. The van der Waals surface area contributed by atoms with Crippen LogP contribution in [-0.2, 0) is 12.7 Å². The van der Waals surface area contributed by atoms with E-state index in [4.69, 9.17) is 5.73 Å². The van der Waals surface area contributed by atoms with Crippen LogP contribution in [0, 0.1) is 17.7 Å². The number of hydrogen-bond donors (Lipinski definition) is 2. The maximum absolute atomic E-state index is 14.2. The van der Waals surface area contributed by atoms with Crippen molar-refractivity contribution in [2.45, 2.75) is 12.7 Å². The molecule has 1 fully saturated rings. The fourth-order valence-electron chi connectivity index (χ4n) is 3.96. The zero-order chi connectivity index (χ0) is 26.6. The molecule has 0 bridgehead atoms. The molecule has 0 atom stereocenters. The van der Waals surface area contributed by atoms with E-state index in [9.17, 15) is 22.4 Å². The maximum atomic E-state index is 14.2. The van der Waals surface area contributed by atoms with Crippen molar-refractivity contribution in [3.63, 3.8) is 0 Å². The summed E-state index contributed by atoms with van der Waals surface area (Å²) in [7, 11) is 1.97. The van der Waals surface area contributed by atoms with Crippen LogP contribution in [-0.4, -0.2) is 53.9 Å². The third kappa shape index (κ3) is 6.84. The number of carbonyl (C=O) groups is 1. The second kappa shape index (κ2) is 11.0. The third-order valence-corrected chi connectivity index (χ3v) is 6.00. The zero-order valence-corrected chi connectivity index (χ0v) is 20.1. The maximum Gasteiger partial charge on any atom is 0.416 e. The lowest BCUT2D eigenvalue weighted by Crippen LogP contribution is -2.44. The second-order valence-corrected chi connectivity index (χ2v) is 8.82. The number of amides is 1. The quantitative estimate of drug-likeness (QED) is 0.405. The van der Waals surface area contributed by atoms with Crippen LogP contribution in [0.25, 0.3) is 0 Å². The molecule has 2 heterocycles. The number of piperazine rings is 1. The molecule has 4 rings (SSSR count). The van der Waals surface area contributed by atoms with E-state index in [1.165, 1.54) is 24.4 Å². The SMILES string of the molecule is CN1CCN(Cc2ccc(NC(=O)c3cc(F)cc(C#Cc4cccnc4N)c3)cc2C(F)(F)F)CC1. The van der Waals surface area contributed by atoms with Crippen LogP contribution in [0.1, 0.15) is 32.6 Å². The van der Waals surface area contributed by atoms with Crippen molar-refractivity contribution in [3.05, 3.63) is 88.4 Å². The number of nitrogen functional groups attached to an aromatic ring is 1. The van der Waals surface area contributed by atoms with Crippen LogP contribution < -0.4 is 11.1 Å². The molecule has 0 saturated carbocycles. The first-order valence-corrected chi connectivity index (χ1v) is 11.5. The average Bonchev–Trinajstić information content (AvgIpc) is 2.85. The van der Waals surface area contributed by atoms with Gasteiger partial charge in [-0.3, -0.25) is 9.69 Å². The summed E-state index contributed by atoms with van der Waals surface area (Å²) in [6.07, 6.45) is -3.09. The lowest BCUT2D eigenvalue weighted by Gasteiger charge is -2.33. The Morgan fingerprint density at radius 1 is 1.08 bits per heavy atom. The minimum Gasteiger partial charge on any atom is -0.383 e. The van der Waals surface area contributed by atoms with Crippen molar-refractivity contribution in [1.29, 1.82) is 0 Å². The van der Waals surface area contributed by atoms with Crippen molar-refractivity contribution in [2.75, 3.05) is 44.3 Å². The molecule has 0 aliphatic carbocycles. The van der Waals surface area contributed by atoms with E-state index in [-0.39, 0.29) is 34.7 Å². The molecule has 1 amide bonds. The summed E-state index contributed by atoms with van der Waals surface area (Å²) in [5.74, 6) is 4.24. The number of hydrogen-bond acceptors (Lipinski definition) is 5. The van der Waals surface area contributed by atoms with Crippen LogP contribution >= 0.6 is 0 Å². The number of likely N-dealkylation sites (N-methyl/N-ethyl adjacent to an activating group) is 1. The molecule has 3 aromatic rings. The first kappa shape index (κ1) is 26.1. The topological polar surface area (TPSA) is 74.5 Å². The Hall–Kier alpha value is -3.94. The van der Waals surface area contributed by atoms with Gasteiger partial charge in [0, 0.05) is 55.7 Å². The van der Waals surface area contributed by atoms with Crippen molar-refractivity contribution < 1.29 is 22.4 Å². The van der Waals surface area contributed by atoms with Crippen molar-refractivity contribution in [1.82, 2.24) is 14.8 Å². The number of nitrogens with zero attached hydrogens (tertiary/aromatic N) is 3. The number of benzene rings is 2. The van der Waals surface area contributed by atoms with Crippen molar-refractivity contribution in [2.24, 2.45) is 0 Å². The number of rotatable bonds is 4. The molecule has 0 radical (unpaired) electrons. The highest BCUT2D eigenvalue weighted by Gasteiger charge is 2.34. The van der Waals surface area contributed by atoms with Gasteiger partial charge in [-0.25, -0.2) is 9.37 Å². The fourth-order valence-corrected chi connectivity index (χ4v) is 3.96. The Morgan fingerprint density at radius 3 is 2.54 bits per heavy atom. The van der Waals surface area contributed by atoms with Crippen LogP contribution in [0.2, 0.25) is 0 Å². The number of nitrogens with one attached hydrogen (secondary N) is 1. The summed E-state index contributed by atoms with van der Waals surface area (Å²) < 4.78 is 55.7. The number of halogens is 4. The van der Waals surface area contributed by atoms with Gasteiger partial charge in [-0.15, -0.1) is 0 Å². The lowest BCUT2D eigenvalue weighted by atomic mass is 10.0. The molecule has 1 saturated heterocycles. The van der Waals surface area contributed by atoms with E-state index >= 15 is 0 Å². The van der Waals surface area contributed by atoms with E-state index in [1.807, 2.05) is 11.9 Å². The van der Waals surface area contributed by atoms with Gasteiger partial charge in [0.15, 0.2) is 0 Å². The highest BCUT2D eigenvalue weighted by atomic mass is 19.4. The summed E-state index contributed by atoms with van der Waals surface area (Å²) in [5.41, 5.74) is 5.58. The first-order valence-electron chi connectivity index (χ1n) is 11.5. The molecule has 3 N–H and O–H groups in total. The molecule has 37 heavy (non-hydrogen) atoms. The van der Waals surface area contributed by atoms with Gasteiger partial charge >= 0.3 is 6.18 Å². The molecule has 192 valence electrons. The molecule has 0 unspecified atom stereocenters. The van der Waals surface area contributed by atoms with Gasteiger partial charge in [-0.1, -0.05) is 17.9 Å². The normalized spacial score (nSPS) is 14.6. The average molecular weight is 512 g/mol. The van der Waals surface area contributed by atoms with Gasteiger partial charge < -0.3 is 16.0 Å². The minimum atomic E-state index is -4.60. The third-order valence-electron chi connectivity index (χ3n) is 6.00. The number of pyridine rings is 1. The van der Waals surface area contributed by atoms with Gasteiger partial charge in [-0.2, -0.15) is 13.2 Å². The highest BCUT2D eigenvalue weighted by Crippen LogP contribution is 2.34. The lowest BCUT2D eigenvalue weighted by molar-refractivity contribution is -0.138. The van der Waals surface area contributed by atoms with Crippen LogP contribution in [0.4, 0.5) is 29.1 Å². The van der Waals surface area contributed by atoms with Crippen molar-refractivity contribution in [3.8, 4) is 11.8 Å². The molecular weight excluding hydrogens is 486 g/mol. The van der Waals surface area contributed by atoms with Crippen LogP contribution in [0.3, 0.4) is 0 Å². The monoisotopic (exact) mass is 511 g/mol. The summed E-state index contributed by atoms with van der Waals surface area (Å²) in [6, 6.07) is 10.5. The molecule has 1 aliphatic heterocycles. The van der Waals surface area contributed by atoms with E-state index in [2.05, 4.69) is 27.0 Å². The van der Waals surface area contributed by atoms with E-state index in [0.717, 1.165) is 31.3 Å². The van der Waals surface area contributed by atoms with E-state index < -0.39 is 23.5 Å². The Kier molecular flexibility index (Phi) is 7.76. The molecule has 0 spiro atoms. The van der Waals surface area contributed by atoms with Gasteiger partial charge in [0.05, 0.1) is 11.1 Å². The zero-order valence-electron chi connectivity index (χ0n) is 20.1. The van der Waals surface area contributed by atoms with Crippen LogP contribution in [0.5, 0.6) is 0 Å². The number of anilines is 2. The molecule has 1 aliphatic rings. The predicted octanol–water partition coefficient (Wildman–Crippen LogP) is 4.22. The van der Waals surface area contributed by atoms with Crippen molar-refractivity contribution >= 4 is 17.4 Å². The first-order chi connectivity index (χ1) is 17.6. The Morgan fingerprint density at radius 2 is 1.84 bits per heavy atom. The Bertz CT molecular complexity index is 1350. The van der Waals surface area contributed by atoms with Gasteiger partial charge in [-0.05, 0) is 55.1 Å². The minimum absolute atomic E-state index is 0.0421. The molecule has 2 aromatic carbocycles. The summed E-state index contributed by atoms with van der Waals surface area (Å²) in [4.78, 5) is 20.8.